The second-order valence-corrected chi connectivity index (χ2v) is 8.54. The average molecular weight is 350 g/mol. The summed E-state index contributed by atoms with van der Waals surface area (Å²) >= 11 is 1.76. The molecule has 1 amide bonds. The molecule has 4 nitrogen and oxygen atoms in total. The molecule has 1 unspecified atom stereocenters. The van der Waals surface area contributed by atoms with Crippen molar-refractivity contribution >= 4 is 17.2 Å². The number of likely N-dealkylation sites (tertiary alicyclic amines) is 1. The molecular weight excluding hydrogens is 318 g/mol. The number of rotatable bonds is 5. The molecule has 0 bridgehead atoms. The Labute approximate surface area is 149 Å². The Morgan fingerprint density at radius 3 is 2.83 bits per heavy atom. The Morgan fingerprint density at radius 1 is 1.38 bits per heavy atom. The quantitative estimate of drug-likeness (QED) is 0.881. The molecule has 1 aliphatic heterocycles. The van der Waals surface area contributed by atoms with Crippen molar-refractivity contribution < 1.29 is 4.79 Å². The Hall–Kier alpha value is -0.940. The van der Waals surface area contributed by atoms with Gasteiger partial charge in [0.25, 0.3) is 0 Å². The van der Waals surface area contributed by atoms with Gasteiger partial charge in [0.05, 0.1) is 10.7 Å². The van der Waals surface area contributed by atoms with Crippen LogP contribution in [0.4, 0.5) is 0 Å². The molecule has 0 radical (unpaired) electrons. The Morgan fingerprint density at radius 2 is 2.17 bits per heavy atom. The maximum absolute atomic E-state index is 12.9. The molecule has 1 atom stereocenters. The summed E-state index contributed by atoms with van der Waals surface area (Å²) in [6.45, 7) is 4.55. The van der Waals surface area contributed by atoms with Gasteiger partial charge in [-0.15, -0.1) is 11.3 Å². The van der Waals surface area contributed by atoms with E-state index in [9.17, 15) is 4.79 Å². The van der Waals surface area contributed by atoms with E-state index in [1.54, 1.807) is 11.3 Å². The van der Waals surface area contributed by atoms with Crippen LogP contribution in [0.3, 0.4) is 0 Å². The zero-order valence-corrected chi connectivity index (χ0v) is 15.7. The summed E-state index contributed by atoms with van der Waals surface area (Å²) in [5.74, 6) is 0.743. The lowest BCUT2D eigenvalue weighted by molar-refractivity contribution is -0.135. The van der Waals surface area contributed by atoms with Crippen molar-refractivity contribution in [2.45, 2.75) is 70.6 Å². The molecule has 1 saturated carbocycles. The monoisotopic (exact) mass is 349 g/mol. The standard InChI is InChI=1S/C19H31N3OS/c1-2-16-13-24-18(21-16)15-7-6-10-22(12-15)17(23)11-19(14-20)8-4-3-5-9-19/h13,15H,2-12,14,20H2,1H3. The Balaban J connectivity index is 1.62. The van der Waals surface area contributed by atoms with Gasteiger partial charge in [0.15, 0.2) is 0 Å². The summed E-state index contributed by atoms with van der Waals surface area (Å²) in [4.78, 5) is 19.8. The molecule has 5 heteroatoms. The van der Waals surface area contributed by atoms with Crippen LogP contribution in [0, 0.1) is 5.41 Å². The van der Waals surface area contributed by atoms with Gasteiger partial charge >= 0.3 is 0 Å². The van der Waals surface area contributed by atoms with Crippen molar-refractivity contribution in [3.63, 3.8) is 0 Å². The number of thiazole rings is 1. The predicted octanol–water partition coefficient (Wildman–Crippen LogP) is 3.71. The Kier molecular flexibility index (Phi) is 5.93. The van der Waals surface area contributed by atoms with E-state index in [2.05, 4.69) is 17.2 Å². The summed E-state index contributed by atoms with van der Waals surface area (Å²) in [5, 5.41) is 3.39. The van der Waals surface area contributed by atoms with Crippen LogP contribution in [-0.2, 0) is 11.2 Å². The Bertz CT molecular complexity index is 551. The minimum Gasteiger partial charge on any atom is -0.342 e. The van der Waals surface area contributed by atoms with Crippen LogP contribution in [0.25, 0.3) is 0 Å². The smallest absolute Gasteiger partial charge is 0.223 e. The number of carbonyl (C=O) groups is 1. The molecule has 24 heavy (non-hydrogen) atoms. The first-order chi connectivity index (χ1) is 11.7. The summed E-state index contributed by atoms with van der Waals surface area (Å²) in [5.41, 5.74) is 7.32. The van der Waals surface area contributed by atoms with Crippen molar-refractivity contribution in [3.05, 3.63) is 16.1 Å². The number of carbonyl (C=O) groups excluding carboxylic acids is 1. The molecule has 2 N–H and O–H groups in total. The van der Waals surface area contributed by atoms with Crippen molar-refractivity contribution in [2.75, 3.05) is 19.6 Å². The van der Waals surface area contributed by atoms with Crippen LogP contribution in [0.5, 0.6) is 0 Å². The van der Waals surface area contributed by atoms with Crippen molar-refractivity contribution in [2.24, 2.45) is 11.1 Å². The second-order valence-electron chi connectivity index (χ2n) is 7.65. The third kappa shape index (κ3) is 3.99. The highest BCUT2D eigenvalue weighted by atomic mass is 32.1. The van der Waals surface area contributed by atoms with Gasteiger partial charge < -0.3 is 10.6 Å². The zero-order chi connectivity index (χ0) is 17.0. The highest BCUT2D eigenvalue weighted by Crippen LogP contribution is 2.39. The number of piperidine rings is 1. The van der Waals surface area contributed by atoms with Crippen molar-refractivity contribution in [1.29, 1.82) is 0 Å². The highest BCUT2D eigenvalue weighted by Gasteiger charge is 2.35. The molecule has 1 aliphatic carbocycles. The SMILES string of the molecule is CCc1csc(C2CCCN(C(=O)CC3(CN)CCCCC3)C2)n1. The van der Waals surface area contributed by atoms with Crippen molar-refractivity contribution in [3.8, 4) is 0 Å². The summed E-state index contributed by atoms with van der Waals surface area (Å²) in [7, 11) is 0. The predicted molar refractivity (Wildman–Crippen MR) is 99.2 cm³/mol. The molecule has 2 fully saturated rings. The van der Waals surface area contributed by atoms with Gasteiger partial charge in [0, 0.05) is 30.8 Å². The first-order valence-electron chi connectivity index (χ1n) is 9.58. The molecule has 1 saturated heterocycles. The van der Waals surface area contributed by atoms with Gasteiger partial charge in [0.1, 0.15) is 0 Å². The molecule has 1 aromatic rings. The lowest BCUT2D eigenvalue weighted by atomic mass is 9.71. The topological polar surface area (TPSA) is 59.2 Å². The van der Waals surface area contributed by atoms with Gasteiger partial charge in [-0.1, -0.05) is 26.2 Å². The summed E-state index contributed by atoms with van der Waals surface area (Å²) < 4.78 is 0. The normalized spacial score (nSPS) is 24.1. The number of aryl methyl sites for hydroxylation is 1. The largest absolute Gasteiger partial charge is 0.342 e. The number of aromatic nitrogens is 1. The van der Waals surface area contributed by atoms with E-state index in [4.69, 9.17) is 10.7 Å². The first-order valence-corrected chi connectivity index (χ1v) is 10.5. The molecule has 134 valence electrons. The minimum absolute atomic E-state index is 0.0683. The zero-order valence-electron chi connectivity index (χ0n) is 14.9. The van der Waals surface area contributed by atoms with Crippen LogP contribution in [0.2, 0.25) is 0 Å². The van der Waals surface area contributed by atoms with E-state index in [0.717, 1.165) is 45.2 Å². The van der Waals surface area contributed by atoms with Crippen molar-refractivity contribution in [1.82, 2.24) is 9.88 Å². The number of hydrogen-bond donors (Lipinski definition) is 1. The number of nitrogens with zero attached hydrogens (tertiary/aromatic N) is 2. The third-order valence-corrected chi connectivity index (χ3v) is 6.98. The van der Waals surface area contributed by atoms with Gasteiger partial charge in [-0.2, -0.15) is 0 Å². The fourth-order valence-electron chi connectivity index (χ4n) is 4.27. The highest BCUT2D eigenvalue weighted by molar-refractivity contribution is 7.09. The third-order valence-electron chi connectivity index (χ3n) is 5.93. The summed E-state index contributed by atoms with van der Waals surface area (Å²) in [6, 6.07) is 0. The molecular formula is C19H31N3OS. The molecule has 0 spiro atoms. The number of hydrogen-bond acceptors (Lipinski definition) is 4. The lowest BCUT2D eigenvalue weighted by Gasteiger charge is -2.39. The van der Waals surface area contributed by atoms with Crippen LogP contribution in [0.15, 0.2) is 5.38 Å². The molecule has 2 aliphatic rings. The van der Waals surface area contributed by atoms with Gasteiger partial charge in [0.2, 0.25) is 5.91 Å². The first kappa shape index (κ1) is 17.9. The van der Waals surface area contributed by atoms with Crippen LogP contribution < -0.4 is 5.73 Å². The number of amides is 1. The van der Waals surface area contributed by atoms with E-state index in [1.807, 2.05) is 0 Å². The molecule has 2 heterocycles. The second kappa shape index (κ2) is 7.96. The fourth-order valence-corrected chi connectivity index (χ4v) is 5.30. The number of nitrogens with two attached hydrogens (primary N) is 1. The van der Waals surface area contributed by atoms with E-state index in [1.165, 1.54) is 30.0 Å². The summed E-state index contributed by atoms with van der Waals surface area (Å²) in [6.07, 6.45) is 9.88. The van der Waals surface area contributed by atoms with Gasteiger partial charge in [-0.3, -0.25) is 4.79 Å². The van der Waals surface area contributed by atoms with Gasteiger partial charge in [-0.25, -0.2) is 4.98 Å². The maximum Gasteiger partial charge on any atom is 0.223 e. The van der Waals surface area contributed by atoms with E-state index >= 15 is 0 Å². The van der Waals surface area contributed by atoms with E-state index in [-0.39, 0.29) is 5.41 Å². The minimum atomic E-state index is 0.0683. The van der Waals surface area contributed by atoms with Crippen LogP contribution in [-0.4, -0.2) is 35.4 Å². The van der Waals surface area contributed by atoms with E-state index in [0.29, 0.717) is 24.8 Å². The molecule has 3 rings (SSSR count). The maximum atomic E-state index is 12.9. The fraction of sp³-hybridized carbons (Fsp3) is 0.789. The van der Waals surface area contributed by atoms with Crippen LogP contribution in [0.1, 0.15) is 74.9 Å². The van der Waals surface area contributed by atoms with E-state index < -0.39 is 0 Å². The van der Waals surface area contributed by atoms with Crippen LogP contribution >= 0.6 is 11.3 Å². The van der Waals surface area contributed by atoms with Gasteiger partial charge in [-0.05, 0) is 44.1 Å². The molecule has 1 aromatic heterocycles. The lowest BCUT2D eigenvalue weighted by Crippen LogP contribution is -2.44. The molecule has 0 aromatic carbocycles. The average Bonchev–Trinajstić information content (AvgIpc) is 3.12.